The average molecular weight is 388 g/mol. The molecule has 8 heteroatoms. The molecule has 1 aliphatic rings. The number of hydrogen-bond donors (Lipinski definition) is 3. The van der Waals surface area contributed by atoms with Gasteiger partial charge in [-0.05, 0) is 32.0 Å². The predicted octanol–water partition coefficient (Wildman–Crippen LogP) is 2.72. The van der Waals surface area contributed by atoms with E-state index in [1.54, 1.807) is 19.2 Å². The number of aromatic nitrogens is 1. The molecule has 28 heavy (non-hydrogen) atoms. The summed E-state index contributed by atoms with van der Waals surface area (Å²) in [5, 5.41) is 12.7. The van der Waals surface area contributed by atoms with Gasteiger partial charge in [0.2, 0.25) is 5.75 Å². The second-order valence-electron chi connectivity index (χ2n) is 6.58. The third kappa shape index (κ3) is 3.31. The number of hydrogen-bond acceptors (Lipinski definition) is 6. The first-order chi connectivity index (χ1) is 13.5. The quantitative estimate of drug-likeness (QED) is 0.567. The second-order valence-corrected chi connectivity index (χ2v) is 6.58. The lowest BCUT2D eigenvalue weighted by Gasteiger charge is -2.17. The molecule has 0 aliphatic heterocycles. The summed E-state index contributed by atoms with van der Waals surface area (Å²) < 4.78 is 16.4. The Morgan fingerprint density at radius 1 is 1.14 bits per heavy atom. The van der Waals surface area contributed by atoms with Gasteiger partial charge < -0.3 is 29.6 Å². The molecule has 150 valence electrons. The molecular weight excluding hydrogens is 364 g/mol. The molecule has 1 aromatic heterocycles. The average Bonchev–Trinajstić information content (AvgIpc) is 3.47. The summed E-state index contributed by atoms with van der Waals surface area (Å²) in [6.45, 7) is 0.352. The van der Waals surface area contributed by atoms with Gasteiger partial charge in [-0.1, -0.05) is 0 Å². The van der Waals surface area contributed by atoms with Crippen LogP contribution in [-0.4, -0.2) is 50.2 Å². The van der Waals surface area contributed by atoms with E-state index in [4.69, 9.17) is 14.2 Å². The van der Waals surface area contributed by atoms with E-state index in [-0.39, 0.29) is 23.0 Å². The van der Waals surface area contributed by atoms with Crippen LogP contribution in [0, 0.1) is 5.92 Å². The van der Waals surface area contributed by atoms with Crippen molar-refractivity contribution in [2.75, 3.05) is 28.4 Å². The molecule has 3 N–H and O–H groups in total. The zero-order valence-electron chi connectivity index (χ0n) is 16.3. The van der Waals surface area contributed by atoms with Crippen molar-refractivity contribution in [1.82, 2.24) is 10.3 Å². The van der Waals surface area contributed by atoms with Crippen LogP contribution in [0.2, 0.25) is 0 Å². The van der Waals surface area contributed by atoms with Crippen molar-refractivity contribution in [2.24, 2.45) is 5.92 Å². The van der Waals surface area contributed by atoms with Gasteiger partial charge in [0.05, 0.1) is 26.9 Å². The normalized spacial score (nSPS) is 13.3. The monoisotopic (exact) mass is 388 g/mol. The van der Waals surface area contributed by atoms with Crippen molar-refractivity contribution < 1.29 is 28.9 Å². The van der Waals surface area contributed by atoms with Gasteiger partial charge in [0.1, 0.15) is 5.69 Å². The van der Waals surface area contributed by atoms with Crippen LogP contribution in [0.3, 0.4) is 0 Å². The van der Waals surface area contributed by atoms with Crippen LogP contribution in [0.4, 0.5) is 0 Å². The van der Waals surface area contributed by atoms with Crippen LogP contribution in [0.25, 0.3) is 11.1 Å². The third-order valence-electron chi connectivity index (χ3n) is 4.81. The minimum atomic E-state index is -1.17. The number of ketones is 1. The number of carbonyl (C=O) groups is 2. The number of aromatic amines is 1. The lowest BCUT2D eigenvalue weighted by Crippen LogP contribution is -2.10. The molecule has 1 heterocycles. The van der Waals surface area contributed by atoms with Crippen molar-refractivity contribution in [3.05, 3.63) is 29.1 Å². The highest BCUT2D eigenvalue weighted by Crippen LogP contribution is 2.48. The fourth-order valence-corrected chi connectivity index (χ4v) is 3.41. The molecule has 0 unspecified atom stereocenters. The van der Waals surface area contributed by atoms with Crippen LogP contribution in [-0.2, 0) is 6.54 Å². The van der Waals surface area contributed by atoms with Crippen LogP contribution < -0.4 is 19.5 Å². The Morgan fingerprint density at radius 2 is 1.82 bits per heavy atom. The van der Waals surface area contributed by atoms with E-state index in [9.17, 15) is 14.7 Å². The Labute approximate surface area is 162 Å². The summed E-state index contributed by atoms with van der Waals surface area (Å²) >= 11 is 0. The maximum atomic E-state index is 13.0. The summed E-state index contributed by atoms with van der Waals surface area (Å²) in [6, 6.07) is 3.45. The number of H-pyrrole nitrogens is 1. The van der Waals surface area contributed by atoms with Crippen LogP contribution in [0.1, 0.15) is 39.4 Å². The van der Waals surface area contributed by atoms with Crippen molar-refractivity contribution in [3.63, 3.8) is 0 Å². The van der Waals surface area contributed by atoms with Gasteiger partial charge in [0, 0.05) is 29.3 Å². The maximum Gasteiger partial charge on any atom is 0.353 e. The molecule has 0 atom stereocenters. The van der Waals surface area contributed by atoms with E-state index in [0.29, 0.717) is 40.6 Å². The zero-order chi connectivity index (χ0) is 20.4. The number of carboxylic acid groups (broad SMARTS) is 1. The number of nitrogens with one attached hydrogen (secondary N) is 2. The number of carbonyl (C=O) groups excluding carboxylic acids is 1. The second kappa shape index (κ2) is 7.93. The molecule has 0 bridgehead atoms. The summed E-state index contributed by atoms with van der Waals surface area (Å²) in [5.41, 5.74) is 1.76. The summed E-state index contributed by atoms with van der Waals surface area (Å²) in [4.78, 5) is 27.8. The molecule has 3 rings (SSSR count). The summed E-state index contributed by atoms with van der Waals surface area (Å²) in [5.74, 6) is -0.251. The van der Waals surface area contributed by atoms with E-state index in [0.717, 1.165) is 12.8 Å². The molecular formula is C20H24N2O6. The van der Waals surface area contributed by atoms with E-state index >= 15 is 0 Å². The maximum absolute atomic E-state index is 13.0. The molecule has 0 radical (unpaired) electrons. The number of benzene rings is 1. The molecule has 1 aliphatic carbocycles. The molecule has 1 aromatic carbocycles. The molecule has 1 saturated carbocycles. The SMILES string of the molecule is CNCc1[nH]c(C(=O)O)c(C(=O)C2CC2)c1-c1ccc(OC)c(OC)c1OC. The van der Waals surface area contributed by atoms with Crippen molar-refractivity contribution in [2.45, 2.75) is 19.4 Å². The Balaban J connectivity index is 2.34. The highest BCUT2D eigenvalue weighted by atomic mass is 16.5. The van der Waals surface area contributed by atoms with E-state index in [1.165, 1.54) is 21.3 Å². The number of ether oxygens (including phenoxy) is 3. The van der Waals surface area contributed by atoms with Gasteiger partial charge in [-0.2, -0.15) is 0 Å². The van der Waals surface area contributed by atoms with Crippen molar-refractivity contribution >= 4 is 11.8 Å². The first-order valence-corrected chi connectivity index (χ1v) is 8.94. The Kier molecular flexibility index (Phi) is 5.60. The minimum Gasteiger partial charge on any atom is -0.493 e. The predicted molar refractivity (Wildman–Crippen MR) is 103 cm³/mol. The highest BCUT2D eigenvalue weighted by molar-refractivity contribution is 6.12. The van der Waals surface area contributed by atoms with Crippen LogP contribution in [0.5, 0.6) is 17.2 Å². The van der Waals surface area contributed by atoms with Crippen molar-refractivity contribution in [3.8, 4) is 28.4 Å². The first-order valence-electron chi connectivity index (χ1n) is 8.94. The fourth-order valence-electron chi connectivity index (χ4n) is 3.41. The van der Waals surface area contributed by atoms with Crippen LogP contribution >= 0.6 is 0 Å². The van der Waals surface area contributed by atoms with Gasteiger partial charge >= 0.3 is 5.97 Å². The first kappa shape index (κ1) is 19.8. The Hall–Kier alpha value is -3.00. The van der Waals surface area contributed by atoms with Crippen LogP contribution in [0.15, 0.2) is 12.1 Å². The molecule has 0 spiro atoms. The Bertz CT molecular complexity index is 914. The Morgan fingerprint density at radius 3 is 2.32 bits per heavy atom. The van der Waals surface area contributed by atoms with E-state index in [2.05, 4.69) is 10.3 Å². The van der Waals surface area contributed by atoms with E-state index < -0.39 is 5.97 Å². The standard InChI is InChI=1S/C20H24N2O6/c1-21-9-12-14(11-7-8-13(26-2)19(28-4)18(11)27-3)15(16(22-12)20(24)25)17(23)10-5-6-10/h7-8,10,21-22H,5-6,9H2,1-4H3,(H,24,25). The smallest absolute Gasteiger partial charge is 0.353 e. The fraction of sp³-hybridized carbons (Fsp3) is 0.400. The molecule has 1 fully saturated rings. The van der Waals surface area contributed by atoms with Gasteiger partial charge in [-0.25, -0.2) is 4.79 Å². The number of carboxylic acids is 1. The van der Waals surface area contributed by atoms with Gasteiger partial charge in [-0.15, -0.1) is 0 Å². The van der Waals surface area contributed by atoms with Gasteiger partial charge in [0.25, 0.3) is 0 Å². The molecule has 8 nitrogen and oxygen atoms in total. The highest BCUT2D eigenvalue weighted by Gasteiger charge is 2.37. The number of aromatic carboxylic acids is 1. The summed E-state index contributed by atoms with van der Waals surface area (Å²) in [7, 11) is 6.25. The molecule has 0 amide bonds. The largest absolute Gasteiger partial charge is 0.493 e. The molecule has 0 saturated heterocycles. The van der Waals surface area contributed by atoms with E-state index in [1.807, 2.05) is 0 Å². The number of Topliss-reactive ketones (excluding diaryl/α,β-unsaturated/α-hetero) is 1. The number of rotatable bonds is 9. The zero-order valence-corrected chi connectivity index (χ0v) is 16.3. The third-order valence-corrected chi connectivity index (χ3v) is 4.81. The lowest BCUT2D eigenvalue weighted by atomic mass is 9.94. The van der Waals surface area contributed by atoms with Gasteiger partial charge in [-0.3, -0.25) is 4.79 Å². The topological polar surface area (TPSA) is 110 Å². The minimum absolute atomic E-state index is 0.103. The van der Waals surface area contributed by atoms with Gasteiger partial charge in [0.15, 0.2) is 17.3 Å². The van der Waals surface area contributed by atoms with Crippen molar-refractivity contribution in [1.29, 1.82) is 0 Å². The lowest BCUT2D eigenvalue weighted by molar-refractivity contribution is 0.0685. The number of methoxy groups -OCH3 is 3. The molecule has 2 aromatic rings. The summed E-state index contributed by atoms with van der Waals surface area (Å²) in [6.07, 6.45) is 1.54.